The van der Waals surface area contributed by atoms with Crippen LogP contribution >= 0.6 is 0 Å². The lowest BCUT2D eigenvalue weighted by atomic mass is 10.0. The molecule has 2 N–H and O–H groups in total. The first kappa shape index (κ1) is 14.9. The molecule has 0 fully saturated rings. The Labute approximate surface area is 135 Å². The van der Waals surface area contributed by atoms with Crippen LogP contribution in [0.2, 0.25) is 0 Å². The number of hydrogen-bond donors (Lipinski definition) is 1. The summed E-state index contributed by atoms with van der Waals surface area (Å²) < 4.78 is 5.77. The minimum absolute atomic E-state index is 0.438. The number of rotatable bonds is 5. The van der Waals surface area contributed by atoms with E-state index in [1.807, 2.05) is 30.3 Å². The number of carbonyl (C=O) groups excluding carboxylic acids is 1. The van der Waals surface area contributed by atoms with Crippen molar-refractivity contribution in [2.75, 3.05) is 0 Å². The third-order valence-corrected chi connectivity index (χ3v) is 3.58. The minimum Gasteiger partial charge on any atom is -0.489 e. The van der Waals surface area contributed by atoms with E-state index >= 15 is 0 Å². The Balaban J connectivity index is 1.70. The maximum atomic E-state index is 11.0. The van der Waals surface area contributed by atoms with Crippen molar-refractivity contribution in [3.8, 4) is 16.9 Å². The summed E-state index contributed by atoms with van der Waals surface area (Å²) in [6, 6.07) is 25.3. The Morgan fingerprint density at radius 2 is 1.52 bits per heavy atom. The number of primary amides is 1. The number of benzene rings is 3. The SMILES string of the molecule is NC(=O)c1ccc(OCc2cccc(-c3ccccc3)c2)cc1. The topological polar surface area (TPSA) is 52.3 Å². The Kier molecular flexibility index (Phi) is 4.39. The number of amides is 1. The predicted octanol–water partition coefficient (Wildman–Crippen LogP) is 4.03. The molecule has 0 saturated carbocycles. The molecule has 23 heavy (non-hydrogen) atoms. The molecule has 0 spiro atoms. The van der Waals surface area contributed by atoms with E-state index in [2.05, 4.69) is 24.3 Å². The monoisotopic (exact) mass is 303 g/mol. The normalized spacial score (nSPS) is 10.3. The van der Waals surface area contributed by atoms with Gasteiger partial charge >= 0.3 is 0 Å². The van der Waals surface area contributed by atoms with Gasteiger partial charge in [-0.1, -0.05) is 48.5 Å². The van der Waals surface area contributed by atoms with Gasteiger partial charge in [-0.3, -0.25) is 4.79 Å². The molecule has 3 heteroatoms. The molecule has 3 nitrogen and oxygen atoms in total. The molecule has 0 bridgehead atoms. The lowest BCUT2D eigenvalue weighted by Gasteiger charge is -2.08. The van der Waals surface area contributed by atoms with Crippen LogP contribution in [0.1, 0.15) is 15.9 Å². The van der Waals surface area contributed by atoms with Gasteiger partial charge in [-0.25, -0.2) is 0 Å². The fourth-order valence-electron chi connectivity index (χ4n) is 2.35. The van der Waals surface area contributed by atoms with Crippen LogP contribution in [0.25, 0.3) is 11.1 Å². The molecular formula is C20H17NO2. The number of nitrogens with two attached hydrogens (primary N) is 1. The minimum atomic E-state index is -0.438. The van der Waals surface area contributed by atoms with E-state index < -0.39 is 5.91 Å². The highest BCUT2D eigenvalue weighted by atomic mass is 16.5. The van der Waals surface area contributed by atoms with Gasteiger partial charge < -0.3 is 10.5 Å². The molecule has 0 aliphatic rings. The molecule has 0 unspecified atom stereocenters. The second-order valence-electron chi connectivity index (χ2n) is 5.24. The van der Waals surface area contributed by atoms with Crippen molar-refractivity contribution in [2.45, 2.75) is 6.61 Å². The van der Waals surface area contributed by atoms with Gasteiger partial charge in [0.2, 0.25) is 5.91 Å². The van der Waals surface area contributed by atoms with Gasteiger partial charge in [0.25, 0.3) is 0 Å². The Hall–Kier alpha value is -3.07. The van der Waals surface area contributed by atoms with Crippen LogP contribution in [0, 0.1) is 0 Å². The molecule has 0 atom stereocenters. The number of carbonyl (C=O) groups is 1. The van der Waals surface area contributed by atoms with Crippen molar-refractivity contribution >= 4 is 5.91 Å². The van der Waals surface area contributed by atoms with E-state index in [1.165, 1.54) is 5.56 Å². The van der Waals surface area contributed by atoms with E-state index in [-0.39, 0.29) is 0 Å². The van der Waals surface area contributed by atoms with E-state index in [0.717, 1.165) is 11.1 Å². The first-order valence-corrected chi connectivity index (χ1v) is 7.39. The van der Waals surface area contributed by atoms with Gasteiger partial charge in [-0.2, -0.15) is 0 Å². The van der Waals surface area contributed by atoms with Gasteiger partial charge in [0.05, 0.1) is 0 Å². The first-order valence-electron chi connectivity index (χ1n) is 7.39. The summed E-state index contributed by atoms with van der Waals surface area (Å²) in [5.74, 6) is 0.271. The molecule has 114 valence electrons. The smallest absolute Gasteiger partial charge is 0.248 e. The van der Waals surface area contributed by atoms with E-state index in [1.54, 1.807) is 24.3 Å². The molecule has 0 heterocycles. The molecule has 0 radical (unpaired) electrons. The molecule has 1 amide bonds. The Morgan fingerprint density at radius 3 is 2.22 bits per heavy atom. The van der Waals surface area contributed by atoms with Crippen molar-refractivity contribution in [3.05, 3.63) is 90.0 Å². The Bertz CT molecular complexity index is 795. The molecule has 3 aromatic rings. The quantitative estimate of drug-likeness (QED) is 0.773. The average molecular weight is 303 g/mol. The van der Waals surface area contributed by atoms with Crippen LogP contribution in [0.15, 0.2) is 78.9 Å². The lowest BCUT2D eigenvalue weighted by molar-refractivity contribution is 0.100. The Morgan fingerprint density at radius 1 is 0.826 bits per heavy atom. The molecule has 3 aromatic carbocycles. The fourth-order valence-corrected chi connectivity index (χ4v) is 2.35. The standard InChI is InChI=1S/C20H17NO2/c21-20(22)17-9-11-19(12-10-17)23-14-15-5-4-8-18(13-15)16-6-2-1-3-7-16/h1-13H,14H2,(H2,21,22). The summed E-state index contributed by atoms with van der Waals surface area (Å²) in [4.78, 5) is 11.0. The first-order chi connectivity index (χ1) is 11.2. The molecular weight excluding hydrogens is 286 g/mol. The zero-order valence-corrected chi connectivity index (χ0v) is 12.6. The third kappa shape index (κ3) is 3.77. The van der Waals surface area contributed by atoms with Crippen LogP contribution in [-0.2, 0) is 6.61 Å². The van der Waals surface area contributed by atoms with Gasteiger partial charge in [-0.05, 0) is 47.0 Å². The van der Waals surface area contributed by atoms with Gasteiger partial charge in [-0.15, -0.1) is 0 Å². The number of hydrogen-bond acceptors (Lipinski definition) is 2. The third-order valence-electron chi connectivity index (χ3n) is 3.58. The molecule has 3 rings (SSSR count). The largest absolute Gasteiger partial charge is 0.489 e. The highest BCUT2D eigenvalue weighted by molar-refractivity contribution is 5.92. The van der Waals surface area contributed by atoms with Crippen LogP contribution in [0.4, 0.5) is 0 Å². The summed E-state index contributed by atoms with van der Waals surface area (Å²) >= 11 is 0. The zero-order valence-electron chi connectivity index (χ0n) is 12.6. The second-order valence-corrected chi connectivity index (χ2v) is 5.24. The number of ether oxygens (including phenoxy) is 1. The average Bonchev–Trinajstić information content (AvgIpc) is 2.61. The fraction of sp³-hybridized carbons (Fsp3) is 0.0500. The summed E-state index contributed by atoms with van der Waals surface area (Å²) in [5.41, 5.74) is 9.13. The highest BCUT2D eigenvalue weighted by Gasteiger charge is 2.02. The highest BCUT2D eigenvalue weighted by Crippen LogP contribution is 2.21. The molecule has 0 saturated heterocycles. The van der Waals surface area contributed by atoms with Crippen molar-refractivity contribution in [3.63, 3.8) is 0 Å². The van der Waals surface area contributed by atoms with Crippen molar-refractivity contribution in [1.82, 2.24) is 0 Å². The summed E-state index contributed by atoms with van der Waals surface area (Å²) in [6.07, 6.45) is 0. The lowest BCUT2D eigenvalue weighted by Crippen LogP contribution is -2.10. The van der Waals surface area contributed by atoms with Gasteiger partial charge in [0, 0.05) is 5.56 Å². The van der Waals surface area contributed by atoms with Crippen LogP contribution in [0.5, 0.6) is 5.75 Å². The van der Waals surface area contributed by atoms with Crippen molar-refractivity contribution in [2.24, 2.45) is 5.73 Å². The van der Waals surface area contributed by atoms with Crippen molar-refractivity contribution < 1.29 is 9.53 Å². The summed E-state index contributed by atoms with van der Waals surface area (Å²) in [7, 11) is 0. The zero-order chi connectivity index (χ0) is 16.1. The van der Waals surface area contributed by atoms with E-state index in [4.69, 9.17) is 10.5 Å². The summed E-state index contributed by atoms with van der Waals surface area (Å²) in [5, 5.41) is 0. The maximum absolute atomic E-state index is 11.0. The van der Waals surface area contributed by atoms with Crippen LogP contribution in [0.3, 0.4) is 0 Å². The van der Waals surface area contributed by atoms with Crippen LogP contribution < -0.4 is 10.5 Å². The van der Waals surface area contributed by atoms with Crippen LogP contribution in [-0.4, -0.2) is 5.91 Å². The van der Waals surface area contributed by atoms with E-state index in [9.17, 15) is 4.79 Å². The van der Waals surface area contributed by atoms with Gasteiger partial charge in [0.15, 0.2) is 0 Å². The van der Waals surface area contributed by atoms with Crippen molar-refractivity contribution in [1.29, 1.82) is 0 Å². The molecule has 0 aliphatic carbocycles. The predicted molar refractivity (Wildman–Crippen MR) is 91.2 cm³/mol. The molecule has 0 aliphatic heterocycles. The van der Waals surface area contributed by atoms with Gasteiger partial charge in [0.1, 0.15) is 12.4 Å². The molecule has 0 aromatic heterocycles. The summed E-state index contributed by atoms with van der Waals surface area (Å²) in [6.45, 7) is 0.469. The van der Waals surface area contributed by atoms with E-state index in [0.29, 0.717) is 17.9 Å². The maximum Gasteiger partial charge on any atom is 0.248 e. The second kappa shape index (κ2) is 6.79.